The lowest BCUT2D eigenvalue weighted by Gasteiger charge is -2.09. The molecule has 3 N–H and O–H groups in total. The molecule has 5 heteroatoms. The summed E-state index contributed by atoms with van der Waals surface area (Å²) in [7, 11) is 0. The van der Waals surface area contributed by atoms with Crippen molar-refractivity contribution in [3.05, 3.63) is 56.5 Å². The summed E-state index contributed by atoms with van der Waals surface area (Å²) in [5, 5.41) is 2.82. The lowest BCUT2D eigenvalue weighted by atomic mass is 10.1. The Kier molecular flexibility index (Phi) is 4.27. The Morgan fingerprint density at radius 1 is 1.16 bits per heavy atom. The van der Waals surface area contributed by atoms with Crippen LogP contribution in [0.3, 0.4) is 0 Å². The number of benzene rings is 2. The third-order valence-corrected chi connectivity index (χ3v) is 3.89. The number of rotatable bonds is 2. The minimum Gasteiger partial charge on any atom is -0.398 e. The van der Waals surface area contributed by atoms with Crippen molar-refractivity contribution in [3.63, 3.8) is 0 Å². The summed E-state index contributed by atoms with van der Waals surface area (Å²) in [5.74, 6) is -0.184. The van der Waals surface area contributed by atoms with E-state index in [0.29, 0.717) is 16.9 Å². The summed E-state index contributed by atoms with van der Waals surface area (Å²) in [6.45, 7) is 1.92. The van der Waals surface area contributed by atoms with Crippen molar-refractivity contribution in [2.24, 2.45) is 0 Å². The minimum atomic E-state index is -0.184. The molecule has 0 radical (unpaired) electrons. The number of carbonyl (C=O) groups excluding carboxylic acids is 1. The SMILES string of the molecule is Cc1ccc(NC(=O)c2cc(Br)ccc2Br)cc1N. The Morgan fingerprint density at radius 2 is 1.89 bits per heavy atom. The van der Waals surface area contributed by atoms with Gasteiger partial charge in [-0.3, -0.25) is 4.79 Å². The van der Waals surface area contributed by atoms with Crippen LogP contribution in [0.4, 0.5) is 11.4 Å². The summed E-state index contributed by atoms with van der Waals surface area (Å²) in [4.78, 5) is 12.2. The molecule has 0 bridgehead atoms. The van der Waals surface area contributed by atoms with Gasteiger partial charge in [0.1, 0.15) is 0 Å². The number of hydrogen-bond donors (Lipinski definition) is 2. The Balaban J connectivity index is 2.25. The van der Waals surface area contributed by atoms with E-state index in [2.05, 4.69) is 37.2 Å². The van der Waals surface area contributed by atoms with Gasteiger partial charge in [-0.25, -0.2) is 0 Å². The highest BCUT2D eigenvalue weighted by atomic mass is 79.9. The highest BCUT2D eigenvalue weighted by Crippen LogP contribution is 2.23. The molecule has 0 heterocycles. The molecule has 0 saturated carbocycles. The largest absolute Gasteiger partial charge is 0.398 e. The van der Waals surface area contributed by atoms with Crippen molar-refractivity contribution in [1.82, 2.24) is 0 Å². The maximum absolute atomic E-state index is 12.2. The summed E-state index contributed by atoms with van der Waals surface area (Å²) in [6, 6.07) is 10.9. The molecule has 0 aliphatic rings. The van der Waals surface area contributed by atoms with Crippen LogP contribution in [0.5, 0.6) is 0 Å². The van der Waals surface area contributed by atoms with Crippen LogP contribution in [0.25, 0.3) is 0 Å². The Morgan fingerprint density at radius 3 is 2.58 bits per heavy atom. The molecular weight excluding hydrogens is 372 g/mol. The van der Waals surface area contributed by atoms with Crippen molar-refractivity contribution in [3.8, 4) is 0 Å². The molecule has 0 unspecified atom stereocenters. The molecule has 1 amide bonds. The summed E-state index contributed by atoms with van der Waals surface area (Å²) in [5.41, 5.74) is 8.71. The number of nitrogens with two attached hydrogens (primary N) is 1. The molecule has 0 saturated heterocycles. The molecule has 98 valence electrons. The smallest absolute Gasteiger partial charge is 0.256 e. The fourth-order valence-electron chi connectivity index (χ4n) is 1.59. The van der Waals surface area contributed by atoms with Gasteiger partial charge in [-0.15, -0.1) is 0 Å². The lowest BCUT2D eigenvalue weighted by Crippen LogP contribution is -2.12. The average Bonchev–Trinajstić information content (AvgIpc) is 2.36. The maximum Gasteiger partial charge on any atom is 0.256 e. The predicted molar refractivity (Wildman–Crippen MR) is 85.4 cm³/mol. The van der Waals surface area contributed by atoms with Crippen LogP contribution in [-0.4, -0.2) is 5.91 Å². The van der Waals surface area contributed by atoms with Crippen molar-refractivity contribution < 1.29 is 4.79 Å². The van der Waals surface area contributed by atoms with E-state index in [1.807, 2.05) is 31.2 Å². The zero-order valence-corrected chi connectivity index (χ0v) is 13.4. The van der Waals surface area contributed by atoms with Crippen molar-refractivity contribution in [1.29, 1.82) is 0 Å². The van der Waals surface area contributed by atoms with E-state index in [-0.39, 0.29) is 5.91 Å². The number of nitrogens with one attached hydrogen (secondary N) is 1. The van der Waals surface area contributed by atoms with Crippen LogP contribution in [-0.2, 0) is 0 Å². The molecular formula is C14H12Br2N2O. The van der Waals surface area contributed by atoms with Crippen LogP contribution < -0.4 is 11.1 Å². The first-order valence-corrected chi connectivity index (χ1v) is 7.18. The average molecular weight is 384 g/mol. The first-order chi connectivity index (χ1) is 8.97. The van der Waals surface area contributed by atoms with Gasteiger partial charge < -0.3 is 11.1 Å². The van der Waals surface area contributed by atoms with Gasteiger partial charge >= 0.3 is 0 Å². The molecule has 0 aromatic heterocycles. The maximum atomic E-state index is 12.2. The van der Waals surface area contributed by atoms with E-state index in [1.165, 1.54) is 0 Å². The number of halogens is 2. The van der Waals surface area contributed by atoms with Crippen LogP contribution >= 0.6 is 31.9 Å². The van der Waals surface area contributed by atoms with Crippen molar-refractivity contribution in [2.45, 2.75) is 6.92 Å². The highest BCUT2D eigenvalue weighted by Gasteiger charge is 2.11. The molecule has 19 heavy (non-hydrogen) atoms. The van der Waals surface area contributed by atoms with E-state index in [9.17, 15) is 4.79 Å². The quantitative estimate of drug-likeness (QED) is 0.757. The standard InChI is InChI=1S/C14H12Br2N2O/c1-8-2-4-10(7-13(8)17)18-14(19)11-6-9(15)3-5-12(11)16/h2-7H,17H2,1H3,(H,18,19). The van der Waals surface area contributed by atoms with Crippen LogP contribution in [0.1, 0.15) is 15.9 Å². The fraction of sp³-hybridized carbons (Fsp3) is 0.0714. The monoisotopic (exact) mass is 382 g/mol. The van der Waals surface area contributed by atoms with Gasteiger partial charge in [-0.2, -0.15) is 0 Å². The van der Waals surface area contributed by atoms with Gasteiger partial charge in [-0.1, -0.05) is 22.0 Å². The van der Waals surface area contributed by atoms with Crippen LogP contribution in [0.15, 0.2) is 45.3 Å². The van der Waals surface area contributed by atoms with Crippen LogP contribution in [0.2, 0.25) is 0 Å². The number of aryl methyl sites for hydroxylation is 1. The number of anilines is 2. The predicted octanol–water partition coefficient (Wildman–Crippen LogP) is 4.35. The Labute approximate surface area is 128 Å². The molecule has 0 aliphatic carbocycles. The first kappa shape index (κ1) is 14.1. The highest BCUT2D eigenvalue weighted by molar-refractivity contribution is 9.11. The van der Waals surface area contributed by atoms with E-state index < -0.39 is 0 Å². The molecule has 2 aromatic rings. The molecule has 0 aliphatic heterocycles. The Hall–Kier alpha value is -1.33. The number of carbonyl (C=O) groups is 1. The minimum absolute atomic E-state index is 0.184. The van der Waals surface area contributed by atoms with Gasteiger partial charge in [0.25, 0.3) is 5.91 Å². The van der Waals surface area contributed by atoms with Crippen molar-refractivity contribution >= 4 is 49.1 Å². The van der Waals surface area contributed by atoms with Gasteiger partial charge in [-0.05, 0) is 58.7 Å². The van der Waals surface area contributed by atoms with E-state index in [4.69, 9.17) is 5.73 Å². The second kappa shape index (κ2) is 5.75. The van der Waals surface area contributed by atoms with Gasteiger partial charge in [0.05, 0.1) is 5.56 Å². The van der Waals surface area contributed by atoms with Crippen LogP contribution in [0, 0.1) is 6.92 Å². The zero-order valence-electron chi connectivity index (χ0n) is 10.2. The molecule has 0 spiro atoms. The van der Waals surface area contributed by atoms with Gasteiger partial charge in [0, 0.05) is 20.3 Å². The molecule has 2 aromatic carbocycles. The molecule has 0 atom stereocenters. The molecule has 0 fully saturated rings. The summed E-state index contributed by atoms with van der Waals surface area (Å²) >= 11 is 6.71. The zero-order chi connectivity index (χ0) is 14.0. The third kappa shape index (κ3) is 3.36. The first-order valence-electron chi connectivity index (χ1n) is 5.60. The topological polar surface area (TPSA) is 55.1 Å². The van der Waals surface area contributed by atoms with Crippen molar-refractivity contribution in [2.75, 3.05) is 11.1 Å². The van der Waals surface area contributed by atoms with Gasteiger partial charge in [0.15, 0.2) is 0 Å². The summed E-state index contributed by atoms with van der Waals surface area (Å²) < 4.78 is 1.59. The lowest BCUT2D eigenvalue weighted by molar-refractivity contribution is 0.102. The number of hydrogen-bond acceptors (Lipinski definition) is 2. The van der Waals surface area contributed by atoms with E-state index in [1.54, 1.807) is 12.1 Å². The summed E-state index contributed by atoms with van der Waals surface area (Å²) in [6.07, 6.45) is 0. The second-order valence-electron chi connectivity index (χ2n) is 4.15. The number of amides is 1. The molecule has 2 rings (SSSR count). The third-order valence-electron chi connectivity index (χ3n) is 2.71. The normalized spacial score (nSPS) is 10.3. The van der Waals surface area contributed by atoms with E-state index >= 15 is 0 Å². The fourth-order valence-corrected chi connectivity index (χ4v) is 2.38. The Bertz CT molecular complexity index is 641. The number of nitrogen functional groups attached to an aromatic ring is 1. The van der Waals surface area contributed by atoms with E-state index in [0.717, 1.165) is 14.5 Å². The second-order valence-corrected chi connectivity index (χ2v) is 5.92. The van der Waals surface area contributed by atoms with Gasteiger partial charge in [0.2, 0.25) is 0 Å². The molecule has 3 nitrogen and oxygen atoms in total.